The van der Waals surface area contributed by atoms with E-state index in [1.807, 2.05) is 12.1 Å². The topological polar surface area (TPSA) is 25.2 Å². The first-order valence-corrected chi connectivity index (χ1v) is 15.8. The zero-order valence-electron chi connectivity index (χ0n) is 27.7. The van der Waals surface area contributed by atoms with Crippen molar-refractivity contribution >= 4 is 33.3 Å². The monoisotopic (exact) mass is 579 g/mol. The van der Waals surface area contributed by atoms with Crippen molar-refractivity contribution in [1.82, 2.24) is 0 Å². The normalized spacial score (nSPS) is 12.7. The average Bonchev–Trinajstić information content (AvgIpc) is 3.35. The predicted octanol–water partition coefficient (Wildman–Crippen LogP) is 12.6. The summed E-state index contributed by atoms with van der Waals surface area (Å²) in [4.78, 5) is 0. The second-order valence-corrected chi connectivity index (χ2v) is 15.3. The van der Waals surface area contributed by atoms with Crippen molar-refractivity contribution in [2.45, 2.75) is 78.6 Å². The second-order valence-electron chi connectivity index (χ2n) is 15.3. The van der Waals surface area contributed by atoms with E-state index in [1.165, 1.54) is 33.4 Å². The Labute approximate surface area is 263 Å². The molecule has 1 heterocycles. The number of nitrogens with one attached hydrogen (secondary N) is 1. The van der Waals surface area contributed by atoms with Gasteiger partial charge in [-0.3, -0.25) is 0 Å². The molecule has 0 bridgehead atoms. The standard InChI is InChI=1S/C42H45NO/c1-40(2,3)30-14-12-13-28(23-30)34-21-22-37-38(35-15-10-11-16-36(35)44-37)39(34)43-33-19-17-27(18-20-33)29-24-31(41(4,5)6)26-32(25-29)42(7,8)9/h10-26,43H,1-9H3. The molecule has 2 nitrogen and oxygen atoms in total. The zero-order chi connectivity index (χ0) is 31.4. The highest BCUT2D eigenvalue weighted by atomic mass is 16.3. The summed E-state index contributed by atoms with van der Waals surface area (Å²) in [6.45, 7) is 20.5. The molecule has 6 rings (SSSR count). The molecule has 0 aliphatic carbocycles. The number of fused-ring (bicyclic) bond motifs is 3. The molecular formula is C42H45NO. The molecule has 0 radical (unpaired) electrons. The van der Waals surface area contributed by atoms with E-state index in [1.54, 1.807) is 0 Å². The SMILES string of the molecule is CC(C)(C)c1cccc(-c2ccc3oc4ccccc4c3c2Nc2ccc(-c3cc(C(C)(C)C)cc(C(C)(C)C)c3)cc2)c1. The van der Waals surface area contributed by atoms with E-state index in [-0.39, 0.29) is 16.2 Å². The lowest BCUT2D eigenvalue weighted by atomic mass is 9.79. The number of furan rings is 1. The highest BCUT2D eigenvalue weighted by Crippen LogP contribution is 2.43. The van der Waals surface area contributed by atoms with Crippen LogP contribution < -0.4 is 5.32 Å². The molecule has 0 fully saturated rings. The van der Waals surface area contributed by atoms with Crippen LogP contribution in [0, 0.1) is 0 Å². The van der Waals surface area contributed by atoms with Crippen LogP contribution in [0.2, 0.25) is 0 Å². The van der Waals surface area contributed by atoms with Gasteiger partial charge in [-0.15, -0.1) is 0 Å². The lowest BCUT2D eigenvalue weighted by Gasteiger charge is -2.26. The smallest absolute Gasteiger partial charge is 0.137 e. The van der Waals surface area contributed by atoms with Crippen molar-refractivity contribution in [3.63, 3.8) is 0 Å². The second kappa shape index (κ2) is 10.7. The van der Waals surface area contributed by atoms with Crippen molar-refractivity contribution in [3.8, 4) is 22.3 Å². The fourth-order valence-electron chi connectivity index (χ4n) is 5.89. The molecule has 0 aliphatic rings. The number of para-hydroxylation sites is 1. The molecule has 0 amide bonds. The van der Waals surface area contributed by atoms with Crippen LogP contribution in [0.4, 0.5) is 11.4 Å². The molecule has 44 heavy (non-hydrogen) atoms. The first kappa shape index (κ1) is 29.8. The Balaban J connectivity index is 1.46. The van der Waals surface area contributed by atoms with Gasteiger partial charge in [0.25, 0.3) is 0 Å². The van der Waals surface area contributed by atoms with Gasteiger partial charge in [-0.25, -0.2) is 0 Å². The van der Waals surface area contributed by atoms with Crippen LogP contribution in [-0.4, -0.2) is 0 Å². The molecule has 0 unspecified atom stereocenters. The lowest BCUT2D eigenvalue weighted by Crippen LogP contribution is -2.16. The molecule has 6 aromatic rings. The van der Waals surface area contributed by atoms with Crippen LogP contribution in [0.25, 0.3) is 44.2 Å². The third-order valence-corrected chi connectivity index (χ3v) is 8.74. The molecule has 224 valence electrons. The first-order valence-electron chi connectivity index (χ1n) is 15.8. The third kappa shape index (κ3) is 5.78. The Morgan fingerprint density at radius 1 is 0.477 bits per heavy atom. The maximum absolute atomic E-state index is 6.31. The van der Waals surface area contributed by atoms with Gasteiger partial charge in [0.1, 0.15) is 11.2 Å². The summed E-state index contributed by atoms with van der Waals surface area (Å²) in [7, 11) is 0. The number of anilines is 2. The van der Waals surface area contributed by atoms with E-state index >= 15 is 0 Å². The third-order valence-electron chi connectivity index (χ3n) is 8.74. The van der Waals surface area contributed by atoms with Crippen LogP contribution in [0.15, 0.2) is 108 Å². The fourth-order valence-corrected chi connectivity index (χ4v) is 5.89. The van der Waals surface area contributed by atoms with Gasteiger partial charge in [0.15, 0.2) is 0 Å². The molecule has 2 heteroatoms. The molecule has 0 spiro atoms. The first-order chi connectivity index (χ1) is 20.7. The fraction of sp³-hybridized carbons (Fsp3) is 0.286. The van der Waals surface area contributed by atoms with Crippen molar-refractivity contribution in [2.24, 2.45) is 0 Å². The zero-order valence-corrected chi connectivity index (χ0v) is 27.7. The van der Waals surface area contributed by atoms with Crippen molar-refractivity contribution in [3.05, 3.63) is 120 Å². The van der Waals surface area contributed by atoms with E-state index in [4.69, 9.17) is 4.42 Å². The minimum Gasteiger partial charge on any atom is -0.456 e. The van der Waals surface area contributed by atoms with E-state index in [0.717, 1.165) is 38.9 Å². The van der Waals surface area contributed by atoms with Gasteiger partial charge < -0.3 is 9.73 Å². The van der Waals surface area contributed by atoms with Gasteiger partial charge in [0.2, 0.25) is 0 Å². The maximum atomic E-state index is 6.31. The highest BCUT2D eigenvalue weighted by molar-refractivity contribution is 6.15. The van der Waals surface area contributed by atoms with E-state index in [9.17, 15) is 0 Å². The molecule has 0 saturated heterocycles. The van der Waals surface area contributed by atoms with E-state index in [2.05, 4.69) is 159 Å². The average molecular weight is 580 g/mol. The number of rotatable bonds is 4. The molecule has 1 aromatic heterocycles. The summed E-state index contributed by atoms with van der Waals surface area (Å²) in [5.41, 5.74) is 13.0. The van der Waals surface area contributed by atoms with Crippen LogP contribution in [0.1, 0.15) is 79.0 Å². The summed E-state index contributed by atoms with van der Waals surface area (Å²) < 4.78 is 6.31. The maximum Gasteiger partial charge on any atom is 0.137 e. The van der Waals surface area contributed by atoms with Gasteiger partial charge >= 0.3 is 0 Å². The Morgan fingerprint density at radius 2 is 1.09 bits per heavy atom. The van der Waals surface area contributed by atoms with Crippen LogP contribution >= 0.6 is 0 Å². The summed E-state index contributed by atoms with van der Waals surface area (Å²) in [6, 6.07) is 37.5. The number of hydrogen-bond acceptors (Lipinski definition) is 2. The lowest BCUT2D eigenvalue weighted by molar-refractivity contribution is 0.569. The van der Waals surface area contributed by atoms with Gasteiger partial charge in [0.05, 0.1) is 11.1 Å². The highest BCUT2D eigenvalue weighted by Gasteiger charge is 2.22. The molecule has 0 saturated carbocycles. The van der Waals surface area contributed by atoms with Crippen molar-refractivity contribution < 1.29 is 4.42 Å². The Kier molecular flexibility index (Phi) is 7.24. The quantitative estimate of drug-likeness (QED) is 0.225. The van der Waals surface area contributed by atoms with E-state index < -0.39 is 0 Å². The minimum atomic E-state index is 0.0586. The largest absolute Gasteiger partial charge is 0.456 e. The van der Waals surface area contributed by atoms with Crippen LogP contribution in [0.3, 0.4) is 0 Å². The summed E-state index contributed by atoms with van der Waals surface area (Å²) in [5, 5.41) is 6.06. The van der Waals surface area contributed by atoms with E-state index in [0.29, 0.717) is 0 Å². The van der Waals surface area contributed by atoms with Gasteiger partial charge in [-0.1, -0.05) is 135 Å². The van der Waals surface area contributed by atoms with Gasteiger partial charge in [0, 0.05) is 16.6 Å². The van der Waals surface area contributed by atoms with Crippen molar-refractivity contribution in [1.29, 1.82) is 0 Å². The number of benzene rings is 5. The van der Waals surface area contributed by atoms with Gasteiger partial charge in [-0.05, 0) is 80.0 Å². The Hall–Kier alpha value is -4.30. The molecule has 5 aromatic carbocycles. The number of hydrogen-bond donors (Lipinski definition) is 1. The molecule has 0 aliphatic heterocycles. The summed E-state index contributed by atoms with van der Waals surface area (Å²) in [5.74, 6) is 0. The minimum absolute atomic E-state index is 0.0586. The summed E-state index contributed by atoms with van der Waals surface area (Å²) >= 11 is 0. The molecule has 0 atom stereocenters. The molecule has 1 N–H and O–H groups in total. The Bertz CT molecular complexity index is 1940. The van der Waals surface area contributed by atoms with Gasteiger partial charge in [-0.2, -0.15) is 0 Å². The van der Waals surface area contributed by atoms with Crippen LogP contribution in [-0.2, 0) is 16.2 Å². The van der Waals surface area contributed by atoms with Crippen LogP contribution in [0.5, 0.6) is 0 Å². The molecular weight excluding hydrogens is 534 g/mol. The Morgan fingerprint density at radius 3 is 1.73 bits per heavy atom. The van der Waals surface area contributed by atoms with Crippen molar-refractivity contribution in [2.75, 3.05) is 5.32 Å². The summed E-state index contributed by atoms with van der Waals surface area (Å²) in [6.07, 6.45) is 0. The predicted molar refractivity (Wildman–Crippen MR) is 190 cm³/mol.